The lowest BCUT2D eigenvalue weighted by Crippen LogP contribution is -2.36. The fourth-order valence-corrected chi connectivity index (χ4v) is 4.65. The third kappa shape index (κ3) is 8.23. The smallest absolute Gasteiger partial charge is 0.270 e. The molecular formula is C31H34FN3O2S. The van der Waals surface area contributed by atoms with E-state index >= 15 is 0 Å². The molecule has 1 aromatic heterocycles. The average Bonchev–Trinajstić information content (AvgIpc) is 3.39. The lowest BCUT2D eigenvalue weighted by atomic mass is 10.1. The average molecular weight is 532 g/mol. The maximum atomic E-state index is 13.5. The number of carbonyl (C=O) groups is 1. The van der Waals surface area contributed by atoms with Crippen molar-refractivity contribution in [3.8, 4) is 5.75 Å². The minimum absolute atomic E-state index is 0.0715. The number of rotatable bonds is 12. The van der Waals surface area contributed by atoms with Gasteiger partial charge in [-0.2, -0.15) is 0 Å². The zero-order valence-electron chi connectivity index (χ0n) is 22.1. The van der Waals surface area contributed by atoms with Gasteiger partial charge < -0.3 is 10.1 Å². The zero-order chi connectivity index (χ0) is 26.9. The molecule has 0 unspecified atom stereocenters. The van der Waals surface area contributed by atoms with Gasteiger partial charge >= 0.3 is 0 Å². The molecule has 0 fully saturated rings. The van der Waals surface area contributed by atoms with E-state index in [9.17, 15) is 9.18 Å². The number of thiazole rings is 1. The highest BCUT2D eigenvalue weighted by molar-refractivity contribution is 7.09. The van der Waals surface area contributed by atoms with Gasteiger partial charge in [-0.05, 0) is 53.8 Å². The molecule has 0 radical (unpaired) electrons. The summed E-state index contributed by atoms with van der Waals surface area (Å²) in [7, 11) is 0. The van der Waals surface area contributed by atoms with E-state index in [-0.39, 0.29) is 17.8 Å². The van der Waals surface area contributed by atoms with E-state index in [0.29, 0.717) is 37.9 Å². The van der Waals surface area contributed by atoms with Gasteiger partial charge in [0.25, 0.3) is 5.91 Å². The topological polar surface area (TPSA) is 54.5 Å². The molecule has 0 spiro atoms. The molecule has 0 aliphatic carbocycles. The first-order valence-electron chi connectivity index (χ1n) is 12.8. The second-order valence-electron chi connectivity index (χ2n) is 9.82. The van der Waals surface area contributed by atoms with Gasteiger partial charge in [-0.25, -0.2) is 9.37 Å². The zero-order valence-corrected chi connectivity index (χ0v) is 22.9. The minimum atomic E-state index is -0.252. The first-order valence-corrected chi connectivity index (χ1v) is 13.7. The summed E-state index contributed by atoms with van der Waals surface area (Å²) in [6, 6.07) is 24.8. The number of halogens is 1. The van der Waals surface area contributed by atoms with E-state index in [1.165, 1.54) is 23.5 Å². The Morgan fingerprint density at radius 1 is 0.895 bits per heavy atom. The second-order valence-corrected chi connectivity index (χ2v) is 10.8. The molecule has 0 bridgehead atoms. The van der Waals surface area contributed by atoms with Crippen molar-refractivity contribution in [3.05, 3.63) is 117 Å². The van der Waals surface area contributed by atoms with Gasteiger partial charge in [0.15, 0.2) is 0 Å². The van der Waals surface area contributed by atoms with Crippen LogP contribution in [0.4, 0.5) is 4.39 Å². The summed E-state index contributed by atoms with van der Waals surface area (Å²) in [6.07, 6.45) is 0. The van der Waals surface area contributed by atoms with Crippen molar-refractivity contribution in [3.63, 3.8) is 0 Å². The standard InChI is InChI=1S/C31H34FN3O2S/c1-22(2)23(3)33-31(36)29-21-38-30(34-29)19-35(17-24-9-13-27(32)14-10-24)18-25-11-15-28(16-12-25)37-20-26-7-5-4-6-8-26/h4-16,21-23H,17-20H2,1-3H3,(H,33,36)/t23-/m0/s1. The number of ether oxygens (including phenoxy) is 1. The van der Waals surface area contributed by atoms with Crippen molar-refractivity contribution in [1.29, 1.82) is 0 Å². The van der Waals surface area contributed by atoms with E-state index in [1.807, 2.05) is 54.8 Å². The highest BCUT2D eigenvalue weighted by atomic mass is 32.1. The Morgan fingerprint density at radius 3 is 2.16 bits per heavy atom. The Bertz CT molecular complexity index is 1290. The predicted octanol–water partition coefficient (Wildman–Crippen LogP) is 6.84. The van der Waals surface area contributed by atoms with Crippen molar-refractivity contribution < 1.29 is 13.9 Å². The van der Waals surface area contributed by atoms with Crippen molar-refractivity contribution in [2.75, 3.05) is 0 Å². The number of nitrogens with one attached hydrogen (secondary N) is 1. The maximum Gasteiger partial charge on any atom is 0.270 e. The lowest BCUT2D eigenvalue weighted by Gasteiger charge is -2.22. The Hall–Kier alpha value is -3.55. The first kappa shape index (κ1) is 27.5. The van der Waals surface area contributed by atoms with Gasteiger partial charge in [0.1, 0.15) is 28.9 Å². The summed E-state index contributed by atoms with van der Waals surface area (Å²) >= 11 is 1.48. The molecule has 38 heavy (non-hydrogen) atoms. The fourth-order valence-electron chi connectivity index (χ4n) is 3.83. The van der Waals surface area contributed by atoms with Gasteiger partial charge in [0.05, 0.1) is 6.54 Å². The summed E-state index contributed by atoms with van der Waals surface area (Å²) in [5.41, 5.74) is 3.70. The maximum absolute atomic E-state index is 13.5. The molecule has 1 atom stereocenters. The highest BCUT2D eigenvalue weighted by Gasteiger charge is 2.17. The van der Waals surface area contributed by atoms with Crippen LogP contribution in [0, 0.1) is 11.7 Å². The second kappa shape index (κ2) is 13.3. The third-order valence-electron chi connectivity index (χ3n) is 6.40. The molecule has 1 N–H and O–H groups in total. The number of nitrogens with zero attached hydrogens (tertiary/aromatic N) is 2. The SMILES string of the molecule is CC(C)[C@H](C)NC(=O)c1csc(CN(Cc2ccc(F)cc2)Cc2ccc(OCc3ccccc3)cc2)n1. The summed E-state index contributed by atoms with van der Waals surface area (Å²) in [5.74, 6) is 0.759. The molecule has 5 nitrogen and oxygen atoms in total. The van der Waals surface area contributed by atoms with Crippen LogP contribution >= 0.6 is 11.3 Å². The van der Waals surface area contributed by atoms with Gasteiger partial charge in [-0.15, -0.1) is 11.3 Å². The van der Waals surface area contributed by atoms with Crippen LogP contribution in [0.15, 0.2) is 84.2 Å². The van der Waals surface area contributed by atoms with E-state index in [4.69, 9.17) is 4.74 Å². The summed E-state index contributed by atoms with van der Waals surface area (Å²) in [4.78, 5) is 19.5. The molecule has 198 valence electrons. The molecule has 0 aliphatic rings. The van der Waals surface area contributed by atoms with E-state index < -0.39 is 0 Å². The van der Waals surface area contributed by atoms with Crippen LogP contribution < -0.4 is 10.1 Å². The van der Waals surface area contributed by atoms with Gasteiger partial charge in [0, 0.05) is 24.5 Å². The summed E-state index contributed by atoms with van der Waals surface area (Å²) < 4.78 is 19.4. The van der Waals surface area contributed by atoms with Crippen LogP contribution in [-0.4, -0.2) is 21.8 Å². The molecule has 4 aromatic rings. The molecule has 0 saturated carbocycles. The van der Waals surface area contributed by atoms with Crippen LogP contribution in [-0.2, 0) is 26.2 Å². The van der Waals surface area contributed by atoms with Crippen molar-refractivity contribution in [1.82, 2.24) is 15.2 Å². The Kier molecular flexibility index (Phi) is 9.62. The van der Waals surface area contributed by atoms with Crippen LogP contribution in [0.2, 0.25) is 0 Å². The number of carbonyl (C=O) groups excluding carboxylic acids is 1. The fraction of sp³-hybridized carbons (Fsp3) is 0.290. The molecule has 4 rings (SSSR count). The number of hydrogen-bond acceptors (Lipinski definition) is 5. The predicted molar refractivity (Wildman–Crippen MR) is 150 cm³/mol. The highest BCUT2D eigenvalue weighted by Crippen LogP contribution is 2.20. The van der Waals surface area contributed by atoms with Crippen LogP contribution in [0.5, 0.6) is 5.75 Å². The molecule has 3 aromatic carbocycles. The minimum Gasteiger partial charge on any atom is -0.489 e. The lowest BCUT2D eigenvalue weighted by molar-refractivity contribution is 0.0925. The quantitative estimate of drug-likeness (QED) is 0.218. The van der Waals surface area contributed by atoms with E-state index in [2.05, 4.69) is 41.2 Å². The monoisotopic (exact) mass is 531 g/mol. The van der Waals surface area contributed by atoms with E-state index in [1.54, 1.807) is 12.1 Å². The molecule has 7 heteroatoms. The van der Waals surface area contributed by atoms with Crippen LogP contribution in [0.1, 0.15) is 53.0 Å². The normalized spacial score (nSPS) is 12.1. The molecule has 0 aliphatic heterocycles. The number of amides is 1. The molecular weight excluding hydrogens is 497 g/mol. The number of aromatic nitrogens is 1. The first-order chi connectivity index (χ1) is 18.4. The third-order valence-corrected chi connectivity index (χ3v) is 7.23. The largest absolute Gasteiger partial charge is 0.489 e. The molecule has 1 amide bonds. The Balaban J connectivity index is 1.43. The Morgan fingerprint density at radius 2 is 1.53 bits per heavy atom. The van der Waals surface area contributed by atoms with Gasteiger partial charge in [-0.3, -0.25) is 9.69 Å². The molecule has 0 saturated heterocycles. The van der Waals surface area contributed by atoms with E-state index in [0.717, 1.165) is 27.4 Å². The van der Waals surface area contributed by atoms with Gasteiger partial charge in [-0.1, -0.05) is 68.4 Å². The number of benzene rings is 3. The molecule has 1 heterocycles. The van der Waals surface area contributed by atoms with Gasteiger partial charge in [0.2, 0.25) is 0 Å². The van der Waals surface area contributed by atoms with Crippen molar-refractivity contribution >= 4 is 17.2 Å². The van der Waals surface area contributed by atoms with Crippen molar-refractivity contribution in [2.45, 2.75) is 53.1 Å². The van der Waals surface area contributed by atoms with Crippen LogP contribution in [0.3, 0.4) is 0 Å². The summed E-state index contributed by atoms with van der Waals surface area (Å²) in [5, 5.41) is 5.69. The Labute approximate surface area is 228 Å². The summed E-state index contributed by atoms with van der Waals surface area (Å²) in [6.45, 7) is 8.53. The van der Waals surface area contributed by atoms with Crippen molar-refractivity contribution in [2.24, 2.45) is 5.92 Å². The number of hydrogen-bond donors (Lipinski definition) is 1. The van der Waals surface area contributed by atoms with Crippen LogP contribution in [0.25, 0.3) is 0 Å².